The maximum atomic E-state index is 12.8. The van der Waals surface area contributed by atoms with E-state index in [0.717, 1.165) is 11.0 Å². The number of rotatable bonds is 6. The number of benzene rings is 2. The van der Waals surface area contributed by atoms with E-state index < -0.39 is 6.10 Å². The maximum absolute atomic E-state index is 12.8. The van der Waals surface area contributed by atoms with E-state index in [1.807, 2.05) is 0 Å². The van der Waals surface area contributed by atoms with Crippen LogP contribution in [0, 0.1) is 5.82 Å². The first-order valence-electron chi connectivity index (χ1n) is 7.39. The number of aliphatic hydroxyl groups is 1. The second kappa shape index (κ2) is 7.10. The fourth-order valence-corrected chi connectivity index (χ4v) is 2.17. The number of hydrogen-bond donors (Lipinski definition) is 3. The van der Waals surface area contributed by atoms with Gasteiger partial charge in [0.2, 0.25) is 0 Å². The van der Waals surface area contributed by atoms with Crippen molar-refractivity contribution < 1.29 is 19.0 Å². The highest BCUT2D eigenvalue weighted by atomic mass is 19.1. The summed E-state index contributed by atoms with van der Waals surface area (Å²) in [6, 6.07) is 10.6. The molecule has 0 aliphatic rings. The number of fused-ring (bicyclic) bond motifs is 1. The van der Waals surface area contributed by atoms with Crippen LogP contribution in [0.4, 0.5) is 4.39 Å². The lowest BCUT2D eigenvalue weighted by Gasteiger charge is -2.13. The van der Waals surface area contributed by atoms with Crippen molar-refractivity contribution in [3.63, 3.8) is 0 Å². The van der Waals surface area contributed by atoms with Gasteiger partial charge in [-0.1, -0.05) is 0 Å². The van der Waals surface area contributed by atoms with Crippen molar-refractivity contribution in [1.82, 2.24) is 15.3 Å². The molecule has 1 heterocycles. The molecule has 6 nitrogen and oxygen atoms in total. The van der Waals surface area contributed by atoms with Crippen molar-refractivity contribution in [3.8, 4) is 5.75 Å². The molecule has 0 aliphatic carbocycles. The molecule has 3 aromatic rings. The Morgan fingerprint density at radius 2 is 2.08 bits per heavy atom. The summed E-state index contributed by atoms with van der Waals surface area (Å²) < 4.78 is 18.1. The van der Waals surface area contributed by atoms with Crippen LogP contribution in [-0.2, 0) is 0 Å². The average molecular weight is 329 g/mol. The van der Waals surface area contributed by atoms with E-state index in [-0.39, 0.29) is 24.9 Å². The Labute approximate surface area is 137 Å². The largest absolute Gasteiger partial charge is 0.491 e. The Balaban J connectivity index is 1.48. The smallest absolute Gasteiger partial charge is 0.251 e. The van der Waals surface area contributed by atoms with Gasteiger partial charge in [-0.15, -0.1) is 0 Å². The molecule has 1 aromatic heterocycles. The van der Waals surface area contributed by atoms with Crippen LogP contribution in [0.25, 0.3) is 11.0 Å². The molecule has 0 saturated carbocycles. The van der Waals surface area contributed by atoms with Crippen LogP contribution < -0.4 is 10.1 Å². The molecule has 0 spiro atoms. The van der Waals surface area contributed by atoms with E-state index in [9.17, 15) is 14.3 Å². The van der Waals surface area contributed by atoms with Gasteiger partial charge in [-0.05, 0) is 42.5 Å². The molecule has 0 radical (unpaired) electrons. The molecule has 1 atom stereocenters. The van der Waals surface area contributed by atoms with Gasteiger partial charge in [0.05, 0.1) is 17.4 Å². The summed E-state index contributed by atoms with van der Waals surface area (Å²) in [6.45, 7) is 0.0343. The molecule has 124 valence electrons. The zero-order valence-electron chi connectivity index (χ0n) is 12.7. The highest BCUT2D eigenvalue weighted by Crippen LogP contribution is 2.12. The molecule has 0 bridgehead atoms. The van der Waals surface area contributed by atoms with Gasteiger partial charge in [0.15, 0.2) is 0 Å². The normalized spacial score (nSPS) is 12.1. The van der Waals surface area contributed by atoms with Crippen molar-refractivity contribution in [1.29, 1.82) is 0 Å². The quantitative estimate of drug-likeness (QED) is 0.644. The number of halogens is 1. The third-order valence-electron chi connectivity index (χ3n) is 3.44. The lowest BCUT2D eigenvalue weighted by Crippen LogP contribution is -2.35. The number of H-pyrrole nitrogens is 1. The van der Waals surface area contributed by atoms with Gasteiger partial charge < -0.3 is 20.1 Å². The Bertz CT molecular complexity index is 832. The molecule has 24 heavy (non-hydrogen) atoms. The van der Waals surface area contributed by atoms with Crippen molar-refractivity contribution in [2.75, 3.05) is 13.2 Å². The van der Waals surface area contributed by atoms with E-state index in [4.69, 9.17) is 4.74 Å². The number of hydrogen-bond acceptors (Lipinski definition) is 4. The molecule has 0 aliphatic heterocycles. The van der Waals surface area contributed by atoms with Crippen LogP contribution in [0.15, 0.2) is 48.8 Å². The highest BCUT2D eigenvalue weighted by Gasteiger charge is 2.11. The number of amides is 1. The van der Waals surface area contributed by atoms with Crippen LogP contribution in [0.3, 0.4) is 0 Å². The first-order chi connectivity index (χ1) is 11.6. The molecule has 3 N–H and O–H groups in total. The van der Waals surface area contributed by atoms with Crippen molar-refractivity contribution in [2.45, 2.75) is 6.10 Å². The van der Waals surface area contributed by atoms with Gasteiger partial charge in [0.25, 0.3) is 5.91 Å². The Hall–Kier alpha value is -2.93. The molecular weight excluding hydrogens is 313 g/mol. The lowest BCUT2D eigenvalue weighted by molar-refractivity contribution is 0.0843. The first-order valence-corrected chi connectivity index (χ1v) is 7.39. The first kappa shape index (κ1) is 15.9. The van der Waals surface area contributed by atoms with Crippen LogP contribution in [0.1, 0.15) is 10.4 Å². The number of nitrogens with one attached hydrogen (secondary N) is 2. The standard InChI is InChI=1S/C17H16FN3O3/c18-12-2-4-14(5-3-12)24-9-13(22)8-19-17(23)11-1-6-15-16(7-11)21-10-20-15/h1-7,10,13,22H,8-9H2,(H,19,23)(H,20,21). The number of aromatic amines is 1. The number of ether oxygens (including phenoxy) is 1. The summed E-state index contributed by atoms with van der Waals surface area (Å²) in [5.74, 6) is -0.205. The van der Waals surface area contributed by atoms with Gasteiger partial charge in [0.1, 0.15) is 24.3 Å². The summed E-state index contributed by atoms with van der Waals surface area (Å²) in [4.78, 5) is 19.1. The minimum absolute atomic E-state index is 0.00844. The van der Waals surface area contributed by atoms with Gasteiger partial charge in [-0.2, -0.15) is 0 Å². The molecule has 3 rings (SSSR count). The van der Waals surface area contributed by atoms with E-state index in [1.54, 1.807) is 24.5 Å². The van der Waals surface area contributed by atoms with E-state index in [1.165, 1.54) is 24.3 Å². The number of carbonyl (C=O) groups is 1. The summed E-state index contributed by atoms with van der Waals surface area (Å²) in [7, 11) is 0. The summed E-state index contributed by atoms with van der Waals surface area (Å²) in [6.07, 6.45) is 0.679. The summed E-state index contributed by atoms with van der Waals surface area (Å²) in [5, 5.41) is 12.5. The molecule has 0 saturated heterocycles. The molecule has 1 unspecified atom stereocenters. The van der Waals surface area contributed by atoms with E-state index >= 15 is 0 Å². The number of aliphatic hydroxyl groups excluding tert-OH is 1. The van der Waals surface area contributed by atoms with Gasteiger partial charge in [-0.3, -0.25) is 4.79 Å². The van der Waals surface area contributed by atoms with Crippen LogP contribution in [0.5, 0.6) is 5.75 Å². The molecule has 7 heteroatoms. The minimum atomic E-state index is -0.880. The maximum Gasteiger partial charge on any atom is 0.251 e. The third kappa shape index (κ3) is 3.88. The highest BCUT2D eigenvalue weighted by molar-refractivity contribution is 5.97. The average Bonchev–Trinajstić information content (AvgIpc) is 3.06. The number of aromatic nitrogens is 2. The number of carbonyl (C=O) groups excluding carboxylic acids is 1. The molecule has 0 fully saturated rings. The Morgan fingerprint density at radius 1 is 1.29 bits per heavy atom. The monoisotopic (exact) mass is 329 g/mol. The van der Waals surface area contributed by atoms with Gasteiger partial charge >= 0.3 is 0 Å². The zero-order valence-corrected chi connectivity index (χ0v) is 12.7. The van der Waals surface area contributed by atoms with Gasteiger partial charge in [-0.25, -0.2) is 9.37 Å². The second-order valence-corrected chi connectivity index (χ2v) is 5.26. The molecule has 2 aromatic carbocycles. The summed E-state index contributed by atoms with van der Waals surface area (Å²) in [5.41, 5.74) is 2.01. The van der Waals surface area contributed by atoms with Crippen LogP contribution >= 0.6 is 0 Å². The van der Waals surface area contributed by atoms with Crippen molar-refractivity contribution >= 4 is 16.9 Å². The van der Waals surface area contributed by atoms with Crippen LogP contribution in [0.2, 0.25) is 0 Å². The SMILES string of the molecule is O=C(NCC(O)COc1ccc(F)cc1)c1ccc2nc[nH]c2c1. The predicted molar refractivity (Wildman–Crippen MR) is 86.3 cm³/mol. The van der Waals surface area contributed by atoms with Crippen molar-refractivity contribution in [3.05, 3.63) is 60.2 Å². The lowest BCUT2D eigenvalue weighted by atomic mass is 10.2. The minimum Gasteiger partial charge on any atom is -0.491 e. The second-order valence-electron chi connectivity index (χ2n) is 5.26. The van der Waals surface area contributed by atoms with E-state index in [2.05, 4.69) is 15.3 Å². The zero-order chi connectivity index (χ0) is 16.9. The molecular formula is C17H16FN3O3. The fraction of sp³-hybridized carbons (Fsp3) is 0.176. The Kier molecular flexibility index (Phi) is 4.72. The Morgan fingerprint density at radius 3 is 2.88 bits per heavy atom. The number of imidazole rings is 1. The van der Waals surface area contributed by atoms with Crippen molar-refractivity contribution in [2.24, 2.45) is 0 Å². The summed E-state index contributed by atoms with van der Waals surface area (Å²) >= 11 is 0. The van der Waals surface area contributed by atoms with E-state index in [0.29, 0.717) is 11.3 Å². The van der Waals surface area contributed by atoms with Crippen LogP contribution in [-0.4, -0.2) is 40.2 Å². The fourth-order valence-electron chi connectivity index (χ4n) is 2.17. The topological polar surface area (TPSA) is 87.2 Å². The third-order valence-corrected chi connectivity index (χ3v) is 3.44. The molecule has 1 amide bonds. The van der Waals surface area contributed by atoms with Gasteiger partial charge in [0, 0.05) is 12.1 Å². The number of nitrogens with zero attached hydrogens (tertiary/aromatic N) is 1. The predicted octanol–water partition coefficient (Wildman–Crippen LogP) is 1.87.